The topological polar surface area (TPSA) is 3.24 Å². The van der Waals surface area contributed by atoms with Crippen LogP contribution in [0.25, 0.3) is 54.6 Å². The van der Waals surface area contributed by atoms with E-state index in [1.165, 1.54) is 165 Å². The van der Waals surface area contributed by atoms with Crippen LogP contribution in [-0.4, -0.2) is 13.4 Å². The molecule has 0 spiro atoms. The number of benzene rings is 11. The molecule has 1 aliphatic heterocycles. The minimum atomic E-state index is 0.0527. The summed E-state index contributed by atoms with van der Waals surface area (Å²) in [5.74, 6) is 0. The predicted molar refractivity (Wildman–Crippen MR) is 330 cm³/mol. The molecule has 0 bridgehead atoms. The van der Waals surface area contributed by atoms with Crippen LogP contribution in [0.3, 0.4) is 0 Å². The summed E-state index contributed by atoms with van der Waals surface area (Å²) in [6, 6.07) is 68.0. The highest BCUT2D eigenvalue weighted by Crippen LogP contribution is 2.53. The summed E-state index contributed by atoms with van der Waals surface area (Å²) in [7, 11) is 0. The van der Waals surface area contributed by atoms with E-state index in [1.54, 1.807) is 0 Å². The van der Waals surface area contributed by atoms with Gasteiger partial charge in [-0.25, -0.2) is 0 Å². The molecule has 1 aliphatic rings. The monoisotopic (exact) mass is 966 g/mol. The first-order chi connectivity index (χ1) is 36.1. The van der Waals surface area contributed by atoms with E-state index in [2.05, 4.69) is 264 Å². The van der Waals surface area contributed by atoms with Crippen molar-refractivity contribution in [2.45, 2.75) is 83.1 Å². The normalized spacial score (nSPS) is 12.0. The SMILES string of the molecule is Cc1cc(C)c(B(c2ccc(-c3cc4c5cccc6c5c(cc4c4ccccc34)-c3ccc(B(c4c(C)cc(C)cc4C)c4c(C)cc(C)cc4C)cc3N6c3ccccc3)cc2)c2c(C)cc(C)cc2C)c(C)c1. The Morgan fingerprint density at radius 2 is 0.693 bits per heavy atom. The van der Waals surface area contributed by atoms with Gasteiger partial charge in [-0.1, -0.05) is 239 Å². The van der Waals surface area contributed by atoms with Crippen molar-refractivity contribution < 1.29 is 0 Å². The van der Waals surface area contributed by atoms with Gasteiger partial charge in [0, 0.05) is 16.6 Å². The Labute approximate surface area is 446 Å². The number of anilines is 3. The summed E-state index contributed by atoms with van der Waals surface area (Å²) in [5.41, 5.74) is 32.8. The van der Waals surface area contributed by atoms with Crippen LogP contribution in [0.1, 0.15) is 66.8 Å². The van der Waals surface area contributed by atoms with Gasteiger partial charge in [0.25, 0.3) is 0 Å². The van der Waals surface area contributed by atoms with Crippen LogP contribution in [-0.2, 0) is 0 Å². The molecule has 0 unspecified atom stereocenters. The molecule has 0 radical (unpaired) electrons. The maximum Gasteiger partial charge on any atom is 0.242 e. The highest BCUT2D eigenvalue weighted by molar-refractivity contribution is 6.97. The smallest absolute Gasteiger partial charge is 0.242 e. The number of nitrogens with zero attached hydrogens (tertiary/aromatic N) is 1. The van der Waals surface area contributed by atoms with Gasteiger partial charge in [0.05, 0.1) is 11.4 Å². The van der Waals surface area contributed by atoms with E-state index >= 15 is 0 Å². The van der Waals surface area contributed by atoms with Gasteiger partial charge in [-0.15, -0.1) is 0 Å². The number of rotatable bonds is 8. The zero-order valence-corrected chi connectivity index (χ0v) is 45.8. The van der Waals surface area contributed by atoms with Gasteiger partial charge >= 0.3 is 0 Å². The van der Waals surface area contributed by atoms with Gasteiger partial charge in [-0.05, 0) is 163 Å². The molecule has 0 aromatic heterocycles. The molecule has 11 aromatic carbocycles. The predicted octanol–water partition coefficient (Wildman–Crippen LogP) is 15.0. The molecular weight excluding hydrogens is 900 g/mol. The molecule has 0 N–H and O–H groups in total. The van der Waals surface area contributed by atoms with E-state index in [0.717, 1.165) is 5.69 Å². The summed E-state index contributed by atoms with van der Waals surface area (Å²) < 4.78 is 0. The zero-order chi connectivity index (χ0) is 52.1. The molecule has 75 heavy (non-hydrogen) atoms. The Morgan fingerprint density at radius 1 is 0.280 bits per heavy atom. The second-order valence-corrected chi connectivity index (χ2v) is 22.4. The lowest BCUT2D eigenvalue weighted by Crippen LogP contribution is -2.56. The molecular formula is C72H65B2N. The maximum atomic E-state index is 2.53. The molecule has 0 fully saturated rings. The molecule has 1 heterocycles. The van der Waals surface area contributed by atoms with Gasteiger partial charge in [-0.3, -0.25) is 0 Å². The summed E-state index contributed by atoms with van der Waals surface area (Å²) in [6.45, 7) is 27.4. The first-order valence-corrected chi connectivity index (χ1v) is 27.0. The molecule has 364 valence electrons. The third-order valence-electron chi connectivity index (χ3n) is 16.8. The minimum absolute atomic E-state index is 0.0527. The fourth-order valence-electron chi connectivity index (χ4n) is 14.2. The van der Waals surface area contributed by atoms with Crippen LogP contribution in [0.5, 0.6) is 0 Å². The number of aryl methyl sites for hydroxylation is 12. The molecule has 12 rings (SSSR count). The van der Waals surface area contributed by atoms with E-state index in [9.17, 15) is 0 Å². The van der Waals surface area contributed by atoms with E-state index in [4.69, 9.17) is 0 Å². The minimum Gasteiger partial charge on any atom is -0.309 e. The Kier molecular flexibility index (Phi) is 11.9. The Balaban J connectivity index is 1.07. The Bertz CT molecular complexity index is 3940. The molecule has 0 atom stereocenters. The average Bonchev–Trinajstić information content (AvgIpc) is 3.37. The molecule has 11 aromatic rings. The third kappa shape index (κ3) is 8.02. The van der Waals surface area contributed by atoms with Gasteiger partial charge in [0.1, 0.15) is 0 Å². The Hall–Kier alpha value is -7.87. The van der Waals surface area contributed by atoms with Crippen molar-refractivity contribution in [1.82, 2.24) is 0 Å². The highest BCUT2D eigenvalue weighted by atomic mass is 15.2. The lowest BCUT2D eigenvalue weighted by Gasteiger charge is -2.35. The lowest BCUT2D eigenvalue weighted by molar-refractivity contribution is 1.29. The molecule has 0 saturated heterocycles. The van der Waals surface area contributed by atoms with Gasteiger partial charge in [-0.2, -0.15) is 0 Å². The summed E-state index contributed by atoms with van der Waals surface area (Å²) in [4.78, 5) is 2.53. The first kappa shape index (κ1) is 48.1. The van der Waals surface area contributed by atoms with Crippen molar-refractivity contribution >= 4 is 95.6 Å². The fraction of sp³-hybridized carbons (Fsp3) is 0.167. The second kappa shape index (κ2) is 18.5. The molecule has 3 heteroatoms. The second-order valence-electron chi connectivity index (χ2n) is 22.4. The van der Waals surface area contributed by atoms with Crippen LogP contribution in [0.4, 0.5) is 17.1 Å². The number of para-hydroxylation sites is 1. The number of hydrogen-bond acceptors (Lipinski definition) is 1. The largest absolute Gasteiger partial charge is 0.309 e. The maximum absolute atomic E-state index is 2.53. The zero-order valence-electron chi connectivity index (χ0n) is 45.8. The van der Waals surface area contributed by atoms with Crippen LogP contribution in [0.2, 0.25) is 0 Å². The average molecular weight is 966 g/mol. The fourth-order valence-corrected chi connectivity index (χ4v) is 14.2. The van der Waals surface area contributed by atoms with Crippen molar-refractivity contribution in [2.75, 3.05) is 4.90 Å². The summed E-state index contributed by atoms with van der Waals surface area (Å²) >= 11 is 0. The Morgan fingerprint density at radius 3 is 1.20 bits per heavy atom. The third-order valence-corrected chi connectivity index (χ3v) is 16.8. The van der Waals surface area contributed by atoms with Crippen LogP contribution >= 0.6 is 0 Å². The van der Waals surface area contributed by atoms with E-state index < -0.39 is 0 Å². The standard InChI is InChI=1S/C72H65B2N/c1-42-31-46(5)69(47(6)32-42)73(70-48(7)33-43(2)34-49(70)8)55-27-25-54(26-28-55)62-40-64-61-23-18-24-66-68(61)65(41-63(64)59-22-17-16-21-58(59)62)60-30-29-56(39-67(60)75(66)57-19-14-13-15-20-57)74(71-50(9)35-44(3)36-51(71)10)72-52(11)37-45(4)38-53(72)12/h13-41H,1-12H3. The summed E-state index contributed by atoms with van der Waals surface area (Å²) in [5, 5.41) is 7.64. The van der Waals surface area contributed by atoms with Gasteiger partial charge in [0.15, 0.2) is 0 Å². The number of hydrogen-bond donors (Lipinski definition) is 0. The number of fused-ring (bicyclic) bond motifs is 6. The van der Waals surface area contributed by atoms with Crippen molar-refractivity contribution in [2.24, 2.45) is 0 Å². The van der Waals surface area contributed by atoms with E-state index in [1.807, 2.05) is 0 Å². The van der Waals surface area contributed by atoms with E-state index in [0.29, 0.717) is 0 Å². The summed E-state index contributed by atoms with van der Waals surface area (Å²) in [6.07, 6.45) is 0. The van der Waals surface area contributed by atoms with Crippen molar-refractivity contribution in [3.8, 4) is 22.3 Å². The molecule has 0 amide bonds. The highest BCUT2D eigenvalue weighted by Gasteiger charge is 2.34. The quantitative estimate of drug-likeness (QED) is 0.108. The van der Waals surface area contributed by atoms with Crippen molar-refractivity contribution in [3.63, 3.8) is 0 Å². The van der Waals surface area contributed by atoms with Gasteiger partial charge < -0.3 is 4.90 Å². The first-order valence-electron chi connectivity index (χ1n) is 27.0. The van der Waals surface area contributed by atoms with Crippen LogP contribution in [0.15, 0.2) is 176 Å². The molecule has 0 saturated carbocycles. The van der Waals surface area contributed by atoms with Crippen LogP contribution in [0, 0.1) is 83.1 Å². The van der Waals surface area contributed by atoms with Crippen molar-refractivity contribution in [3.05, 3.63) is 243 Å². The lowest BCUT2D eigenvalue weighted by atomic mass is 9.34. The van der Waals surface area contributed by atoms with E-state index in [-0.39, 0.29) is 13.4 Å². The van der Waals surface area contributed by atoms with Crippen LogP contribution < -0.4 is 37.7 Å². The molecule has 0 aliphatic carbocycles. The van der Waals surface area contributed by atoms with Gasteiger partial charge in [0.2, 0.25) is 13.4 Å². The van der Waals surface area contributed by atoms with Crippen molar-refractivity contribution in [1.29, 1.82) is 0 Å². The molecule has 1 nitrogen and oxygen atoms in total.